The molecule has 0 saturated carbocycles. The Bertz CT molecular complexity index is 3130. The smallest absolute Gasteiger partial charge is 0.0658 e. The number of fused-ring (bicyclic) bond motifs is 21. The molecule has 396 valence electrons. The van der Waals surface area contributed by atoms with Gasteiger partial charge >= 0.3 is 0 Å². The molecule has 3 heteroatoms. The molecule has 0 saturated heterocycles. The first-order valence-corrected chi connectivity index (χ1v) is 31.3. The minimum Gasteiger partial charge on any atom is -0.312 e. The summed E-state index contributed by atoms with van der Waals surface area (Å²) >= 11 is 0. The van der Waals surface area contributed by atoms with Gasteiger partial charge in [-0.1, -0.05) is 230 Å². The molecule has 10 rings (SSSR count). The highest BCUT2D eigenvalue weighted by atomic mass is 15.0. The van der Waals surface area contributed by atoms with Crippen LogP contribution in [0, 0.1) is 0 Å². The number of hydrogen-bond acceptors (Lipinski definition) is 0. The van der Waals surface area contributed by atoms with Crippen LogP contribution in [0.2, 0.25) is 0 Å². The van der Waals surface area contributed by atoms with Gasteiger partial charge in [-0.15, -0.1) is 0 Å². The molecule has 6 aromatic heterocycles. The van der Waals surface area contributed by atoms with Crippen molar-refractivity contribution < 1.29 is 0 Å². The van der Waals surface area contributed by atoms with Gasteiger partial charge in [-0.25, -0.2) is 0 Å². The molecule has 4 aromatic carbocycles. The molecule has 0 aliphatic carbocycles. The molecule has 3 nitrogen and oxygen atoms in total. The normalized spacial score (nSPS) is 12.4. The van der Waals surface area contributed by atoms with Crippen molar-refractivity contribution in [1.29, 1.82) is 0 Å². The summed E-state index contributed by atoms with van der Waals surface area (Å²) in [5, 5.41) is 12.7. The van der Waals surface area contributed by atoms with Crippen LogP contribution in [-0.4, -0.2) is 13.2 Å². The fourth-order valence-electron chi connectivity index (χ4n) is 13.9. The van der Waals surface area contributed by atoms with Gasteiger partial charge in [0, 0.05) is 49.4 Å². The van der Waals surface area contributed by atoms with Crippen LogP contribution in [0.3, 0.4) is 0 Å². The lowest BCUT2D eigenvalue weighted by molar-refractivity contribution is 0.645. The van der Waals surface area contributed by atoms with Crippen molar-refractivity contribution in [2.24, 2.45) is 0 Å². The summed E-state index contributed by atoms with van der Waals surface area (Å²) in [6, 6.07) is 37.0. The monoisotopic (exact) mass is 1000 g/mol. The number of rotatable bonds is 30. The highest BCUT2D eigenvalue weighted by molar-refractivity contribution is 6.39. The van der Waals surface area contributed by atoms with Gasteiger partial charge in [0.2, 0.25) is 0 Å². The van der Waals surface area contributed by atoms with Crippen LogP contribution >= 0.6 is 0 Å². The van der Waals surface area contributed by atoms with E-state index >= 15 is 0 Å². The fourth-order valence-corrected chi connectivity index (χ4v) is 13.9. The Kier molecular flexibility index (Phi) is 17.9. The molecule has 0 unspecified atom stereocenters. The Balaban J connectivity index is 1.49. The van der Waals surface area contributed by atoms with Gasteiger partial charge in [0.05, 0.1) is 33.1 Å². The summed E-state index contributed by atoms with van der Waals surface area (Å²) in [7, 11) is 0. The third kappa shape index (κ3) is 10.4. The van der Waals surface area contributed by atoms with Crippen LogP contribution < -0.4 is 0 Å². The molecule has 0 atom stereocenters. The molecule has 0 fully saturated rings. The maximum atomic E-state index is 2.91. The van der Waals surface area contributed by atoms with Crippen LogP contribution in [-0.2, 0) is 38.5 Å². The minimum absolute atomic E-state index is 1.11. The topological polar surface area (TPSA) is 13.2 Å². The number of unbranched alkanes of at least 4 members (excludes halogenated alkanes) is 18. The number of benzene rings is 4. The molecule has 75 heavy (non-hydrogen) atoms. The maximum Gasteiger partial charge on any atom is 0.0658 e. The van der Waals surface area contributed by atoms with Gasteiger partial charge in [-0.3, -0.25) is 0 Å². The second kappa shape index (κ2) is 25.2. The molecule has 0 N–H and O–H groups in total. The zero-order chi connectivity index (χ0) is 51.7. The highest BCUT2D eigenvalue weighted by Gasteiger charge is 2.29. The zero-order valence-corrected chi connectivity index (χ0v) is 47.7. The van der Waals surface area contributed by atoms with Crippen LogP contribution in [0.4, 0.5) is 0 Å². The Hall–Kier alpha value is -5.28. The fraction of sp³-hybridized carbons (Fsp3) is 0.500. The Morgan fingerprint density at radius 2 is 0.480 bits per heavy atom. The van der Waals surface area contributed by atoms with E-state index in [1.807, 2.05) is 0 Å². The Labute approximate surface area is 451 Å². The summed E-state index contributed by atoms with van der Waals surface area (Å²) in [5.41, 5.74) is 18.0. The predicted octanol–water partition coefficient (Wildman–Crippen LogP) is 22.1. The maximum absolute atomic E-state index is 2.91. The third-order valence-corrected chi connectivity index (χ3v) is 17.8. The molecule has 0 amide bonds. The van der Waals surface area contributed by atoms with Gasteiger partial charge < -0.3 is 13.2 Å². The van der Waals surface area contributed by atoms with Gasteiger partial charge in [-0.2, -0.15) is 0 Å². The van der Waals surface area contributed by atoms with E-state index in [1.165, 1.54) is 236 Å². The van der Waals surface area contributed by atoms with E-state index in [0.29, 0.717) is 0 Å². The summed E-state index contributed by atoms with van der Waals surface area (Å²) < 4.78 is 8.73. The summed E-state index contributed by atoms with van der Waals surface area (Å²) in [5.74, 6) is 0. The quantitative estimate of drug-likeness (QED) is 0.0315. The lowest BCUT2D eigenvalue weighted by atomic mass is 9.92. The van der Waals surface area contributed by atoms with E-state index in [1.54, 1.807) is 33.8 Å². The summed E-state index contributed by atoms with van der Waals surface area (Å²) in [4.78, 5) is 0. The van der Waals surface area contributed by atoms with Crippen LogP contribution in [0.5, 0.6) is 0 Å². The molecule has 0 radical (unpaired) electrons. The van der Waals surface area contributed by atoms with Gasteiger partial charge in [0.15, 0.2) is 0 Å². The number of nitrogens with zero attached hydrogens (tertiary/aromatic N) is 3. The van der Waals surface area contributed by atoms with E-state index in [0.717, 1.165) is 38.5 Å². The van der Waals surface area contributed by atoms with E-state index < -0.39 is 0 Å². The van der Waals surface area contributed by atoms with E-state index in [2.05, 4.69) is 146 Å². The molecular weight excluding hydrogens is 907 g/mol. The lowest BCUT2D eigenvalue weighted by Gasteiger charge is -2.23. The predicted molar refractivity (Wildman–Crippen MR) is 331 cm³/mol. The summed E-state index contributed by atoms with van der Waals surface area (Å²) in [6.45, 7) is 14.2. The standard InChI is InChI=1S/C72H93N3/c1-7-13-19-25-37-52-49-64-55-40-31-34-43-58(55)67-70(73(64)61(52)46-28-22-16-10-4)68-59-44-35-32-41-56(59)65-50-53(38-26-20-14-8-2)63(48-30-24-18-12-6)75(65)72(68)69-60-45-36-33-42-57(60)66-51-54(39-27-21-15-9-3)62(74(66)71(67)69)47-29-23-17-11-5/h31-36,40-45,49-51H,7-30,37-39,46-48H2,1-6H3. The van der Waals surface area contributed by atoms with Crippen molar-refractivity contribution in [3.63, 3.8) is 0 Å². The Morgan fingerprint density at radius 3 is 0.720 bits per heavy atom. The van der Waals surface area contributed by atoms with Gasteiger partial charge in [0.25, 0.3) is 0 Å². The van der Waals surface area contributed by atoms with Crippen LogP contribution in [0.15, 0.2) is 91.0 Å². The second-order valence-corrected chi connectivity index (χ2v) is 23.2. The number of hydrogen-bond donors (Lipinski definition) is 0. The molecule has 0 aliphatic rings. The van der Waals surface area contributed by atoms with Crippen molar-refractivity contribution in [2.75, 3.05) is 0 Å². The highest BCUT2D eigenvalue weighted by Crippen LogP contribution is 2.49. The molecule has 0 spiro atoms. The SMILES string of the molecule is CCCCCCc1cc2c3ccccc3c3c(c4c5ccccc5c5cc(CCCCCC)c(CCCCCC)n5c4c4c5ccccc5c5cc(CCCCCC)c(CCCCCC)n5c34)n2c1CCCCCC. The average Bonchev–Trinajstić information content (AvgIpc) is 4.19. The molecule has 0 aliphatic heterocycles. The largest absolute Gasteiger partial charge is 0.312 e. The average molecular weight is 1000 g/mol. The zero-order valence-electron chi connectivity index (χ0n) is 47.7. The molecule has 0 bridgehead atoms. The molecular formula is C72H93N3. The first kappa shape index (κ1) is 53.1. The van der Waals surface area contributed by atoms with E-state index in [9.17, 15) is 0 Å². The van der Waals surface area contributed by atoms with Crippen LogP contribution in [0.1, 0.15) is 229 Å². The van der Waals surface area contributed by atoms with Crippen molar-refractivity contribution in [3.8, 4) is 0 Å². The van der Waals surface area contributed by atoms with Gasteiger partial charge in [0.1, 0.15) is 0 Å². The van der Waals surface area contributed by atoms with Crippen LogP contribution in [0.25, 0.3) is 81.6 Å². The number of pyridine rings is 3. The van der Waals surface area contributed by atoms with Crippen molar-refractivity contribution in [1.82, 2.24) is 13.2 Å². The summed E-state index contributed by atoms with van der Waals surface area (Å²) in [6.07, 6.45) is 37.3. The van der Waals surface area contributed by atoms with Crippen molar-refractivity contribution in [3.05, 3.63) is 125 Å². The van der Waals surface area contributed by atoms with Gasteiger partial charge in [-0.05, 0) is 128 Å². The van der Waals surface area contributed by atoms with Crippen molar-refractivity contribution in [2.45, 2.75) is 234 Å². The number of aromatic nitrogens is 3. The first-order chi connectivity index (χ1) is 37.1. The molecule has 10 aromatic rings. The Morgan fingerprint density at radius 1 is 0.253 bits per heavy atom. The second-order valence-electron chi connectivity index (χ2n) is 23.2. The first-order valence-electron chi connectivity index (χ1n) is 31.3. The lowest BCUT2D eigenvalue weighted by Crippen LogP contribution is -2.07. The molecule has 6 heterocycles. The van der Waals surface area contributed by atoms with E-state index in [-0.39, 0.29) is 0 Å². The third-order valence-electron chi connectivity index (χ3n) is 17.8. The van der Waals surface area contributed by atoms with E-state index in [4.69, 9.17) is 0 Å². The number of aryl methyl sites for hydroxylation is 6. The minimum atomic E-state index is 1.11. The van der Waals surface area contributed by atoms with Crippen molar-refractivity contribution >= 4 is 81.6 Å².